The van der Waals surface area contributed by atoms with Crippen molar-refractivity contribution >= 4 is 28.6 Å². The highest BCUT2D eigenvalue weighted by atomic mass is 16.4. The van der Waals surface area contributed by atoms with Crippen LogP contribution in [0.5, 0.6) is 0 Å². The highest BCUT2D eigenvalue weighted by Crippen LogP contribution is 2.16. The minimum Gasteiger partial charge on any atom is -0.478 e. The van der Waals surface area contributed by atoms with Crippen LogP contribution < -0.4 is 10.9 Å². The number of carboxylic acids is 2. The van der Waals surface area contributed by atoms with Gasteiger partial charge in [-0.25, -0.2) is 14.4 Å². The van der Waals surface area contributed by atoms with Crippen molar-refractivity contribution in [2.24, 2.45) is 0 Å². The molecule has 0 aliphatic heterocycles. The van der Waals surface area contributed by atoms with Gasteiger partial charge in [0.2, 0.25) is 0 Å². The van der Waals surface area contributed by atoms with Crippen molar-refractivity contribution in [3.63, 3.8) is 0 Å². The summed E-state index contributed by atoms with van der Waals surface area (Å²) in [6.07, 6.45) is 0.455. The van der Waals surface area contributed by atoms with E-state index >= 15 is 0 Å². The predicted octanol–water partition coefficient (Wildman–Crippen LogP) is 1.26. The summed E-state index contributed by atoms with van der Waals surface area (Å²) in [6.45, 7) is 0. The number of para-hydroxylation sites is 1. The molecule has 102 valence electrons. The Labute approximate surface area is 111 Å². The van der Waals surface area contributed by atoms with Gasteiger partial charge in [0, 0.05) is 5.39 Å². The Morgan fingerprint density at radius 2 is 1.90 bits per heavy atom. The molecule has 2 aromatic rings. The molecule has 1 heterocycles. The fourth-order valence-corrected chi connectivity index (χ4v) is 1.57. The van der Waals surface area contributed by atoms with Crippen LogP contribution in [-0.4, -0.2) is 22.2 Å². The second kappa shape index (κ2) is 5.27. The first-order chi connectivity index (χ1) is 9.47. The van der Waals surface area contributed by atoms with E-state index < -0.39 is 23.3 Å². The predicted molar refractivity (Wildman–Crippen MR) is 69.5 cm³/mol. The average Bonchev–Trinajstić information content (AvgIpc) is 2.38. The largest absolute Gasteiger partial charge is 0.478 e. The summed E-state index contributed by atoms with van der Waals surface area (Å²) in [5.41, 5.74) is -1.23. The maximum absolute atomic E-state index is 11.7. The van der Waals surface area contributed by atoms with Crippen LogP contribution in [0.3, 0.4) is 0 Å². The molecular weight excluding hydrogens is 266 g/mol. The highest BCUT2D eigenvalue weighted by Gasteiger charge is 2.13. The van der Waals surface area contributed by atoms with Gasteiger partial charge in [0.05, 0.1) is 6.08 Å². The molecule has 0 aliphatic carbocycles. The lowest BCUT2D eigenvalue weighted by Gasteiger charge is -2.05. The van der Waals surface area contributed by atoms with Gasteiger partial charge >= 0.3 is 17.6 Å². The summed E-state index contributed by atoms with van der Waals surface area (Å²) in [4.78, 5) is 33.1. The maximum atomic E-state index is 11.7. The molecule has 0 bridgehead atoms. The van der Waals surface area contributed by atoms with E-state index in [9.17, 15) is 14.4 Å². The highest BCUT2D eigenvalue weighted by molar-refractivity contribution is 5.97. The van der Waals surface area contributed by atoms with Gasteiger partial charge in [-0.3, -0.25) is 0 Å². The Balaban J connectivity index is 2.47. The first-order valence-corrected chi connectivity index (χ1v) is 5.45. The van der Waals surface area contributed by atoms with E-state index in [0.29, 0.717) is 17.0 Å². The van der Waals surface area contributed by atoms with Gasteiger partial charge in [0.25, 0.3) is 0 Å². The number of hydrogen-bond acceptors (Lipinski definition) is 5. The molecule has 0 atom stereocenters. The van der Waals surface area contributed by atoms with Crippen LogP contribution in [0.4, 0.5) is 5.69 Å². The van der Waals surface area contributed by atoms with Crippen LogP contribution in [0.2, 0.25) is 0 Å². The average molecular weight is 275 g/mol. The third-order valence-corrected chi connectivity index (χ3v) is 2.41. The van der Waals surface area contributed by atoms with Gasteiger partial charge in [-0.15, -0.1) is 0 Å². The fourth-order valence-electron chi connectivity index (χ4n) is 1.57. The second-order valence-electron chi connectivity index (χ2n) is 3.81. The first kappa shape index (κ1) is 13.3. The molecule has 0 unspecified atom stereocenters. The Kier molecular flexibility index (Phi) is 3.52. The number of anilines is 1. The van der Waals surface area contributed by atoms with Crippen LogP contribution in [0, 0.1) is 0 Å². The van der Waals surface area contributed by atoms with Crippen LogP contribution in [0.25, 0.3) is 11.0 Å². The number of rotatable bonds is 4. The quantitative estimate of drug-likeness (QED) is 0.568. The van der Waals surface area contributed by atoms with Crippen molar-refractivity contribution < 1.29 is 24.2 Å². The van der Waals surface area contributed by atoms with Crippen molar-refractivity contribution in [3.8, 4) is 0 Å². The Morgan fingerprint density at radius 3 is 2.55 bits per heavy atom. The zero-order chi connectivity index (χ0) is 14.7. The van der Waals surface area contributed by atoms with Crippen molar-refractivity contribution in [3.05, 3.63) is 52.5 Å². The van der Waals surface area contributed by atoms with Gasteiger partial charge in [0.1, 0.15) is 17.0 Å². The molecule has 0 fully saturated rings. The third kappa shape index (κ3) is 2.83. The lowest BCUT2D eigenvalue weighted by atomic mass is 10.2. The Hall–Kier alpha value is -3.09. The minimum absolute atomic E-state index is 0.154. The molecule has 20 heavy (non-hydrogen) atoms. The van der Waals surface area contributed by atoms with E-state index in [0.717, 1.165) is 0 Å². The number of hydrogen-bond donors (Lipinski definition) is 3. The van der Waals surface area contributed by atoms with Gasteiger partial charge < -0.3 is 19.9 Å². The fraction of sp³-hybridized carbons (Fsp3) is 0. The van der Waals surface area contributed by atoms with Crippen molar-refractivity contribution in [2.45, 2.75) is 0 Å². The minimum atomic E-state index is -1.50. The molecule has 1 aromatic heterocycles. The summed E-state index contributed by atoms with van der Waals surface area (Å²) in [6, 6.07) is 8.05. The molecule has 3 N–H and O–H groups in total. The van der Waals surface area contributed by atoms with Crippen LogP contribution in [0.1, 0.15) is 0 Å². The van der Waals surface area contributed by atoms with E-state index in [1.54, 1.807) is 24.3 Å². The lowest BCUT2D eigenvalue weighted by Crippen LogP contribution is -2.17. The Morgan fingerprint density at radius 1 is 1.20 bits per heavy atom. The topological polar surface area (TPSA) is 117 Å². The van der Waals surface area contributed by atoms with Gasteiger partial charge in [-0.2, -0.15) is 0 Å². The zero-order valence-electron chi connectivity index (χ0n) is 9.99. The number of benzene rings is 1. The molecule has 1 aromatic carbocycles. The summed E-state index contributed by atoms with van der Waals surface area (Å²) in [7, 11) is 0. The summed E-state index contributed by atoms with van der Waals surface area (Å²) in [5.74, 6) is -2.94. The molecule has 7 heteroatoms. The van der Waals surface area contributed by atoms with Crippen LogP contribution >= 0.6 is 0 Å². The second-order valence-corrected chi connectivity index (χ2v) is 3.81. The van der Waals surface area contributed by atoms with Crippen molar-refractivity contribution in [1.82, 2.24) is 0 Å². The van der Waals surface area contributed by atoms with Crippen molar-refractivity contribution in [2.75, 3.05) is 5.32 Å². The number of nitrogens with one attached hydrogen (secondary N) is 1. The van der Waals surface area contributed by atoms with Crippen molar-refractivity contribution in [1.29, 1.82) is 0 Å². The molecule has 0 radical (unpaired) electrons. The standard InChI is InChI=1S/C13H9NO6/c15-11(16)6-8(12(17)18)14-9-5-7-3-1-2-4-10(7)20-13(9)19/h1-6,14H,(H,15,16)(H,17,18)/b8-6-. The normalized spacial score (nSPS) is 11.3. The number of aliphatic carboxylic acids is 2. The molecular formula is C13H9NO6. The summed E-state index contributed by atoms with van der Waals surface area (Å²) < 4.78 is 4.99. The molecule has 2 rings (SSSR count). The SMILES string of the molecule is O=C(O)/C=C(\Nc1cc2ccccc2oc1=O)C(=O)O. The molecule has 0 spiro atoms. The van der Waals surface area contributed by atoms with E-state index in [1.807, 2.05) is 0 Å². The Bertz CT molecular complexity index is 774. The van der Waals surface area contributed by atoms with E-state index in [-0.39, 0.29) is 5.69 Å². The number of carbonyl (C=O) groups is 2. The smallest absolute Gasteiger partial charge is 0.360 e. The number of carboxylic acid groups (broad SMARTS) is 2. The third-order valence-electron chi connectivity index (χ3n) is 2.41. The van der Waals surface area contributed by atoms with E-state index in [4.69, 9.17) is 14.6 Å². The first-order valence-electron chi connectivity index (χ1n) is 5.45. The van der Waals surface area contributed by atoms with Gasteiger partial charge in [-0.05, 0) is 12.1 Å². The van der Waals surface area contributed by atoms with Crippen LogP contribution in [0.15, 0.2) is 51.3 Å². The molecule has 7 nitrogen and oxygen atoms in total. The lowest BCUT2D eigenvalue weighted by molar-refractivity contribution is -0.134. The summed E-state index contributed by atoms with van der Waals surface area (Å²) >= 11 is 0. The zero-order valence-corrected chi connectivity index (χ0v) is 9.99. The maximum Gasteiger partial charge on any atom is 0.360 e. The summed E-state index contributed by atoms with van der Waals surface area (Å²) in [5, 5.41) is 20.3. The monoisotopic (exact) mass is 275 g/mol. The number of fused-ring (bicyclic) bond motifs is 1. The van der Waals surface area contributed by atoms with Crippen LogP contribution in [-0.2, 0) is 9.59 Å². The molecule has 0 saturated carbocycles. The molecule has 0 aliphatic rings. The van der Waals surface area contributed by atoms with E-state index in [1.165, 1.54) is 6.07 Å². The van der Waals surface area contributed by atoms with E-state index in [2.05, 4.69) is 5.32 Å². The van der Waals surface area contributed by atoms with Gasteiger partial charge in [-0.1, -0.05) is 18.2 Å². The molecule has 0 amide bonds. The molecule has 0 saturated heterocycles. The van der Waals surface area contributed by atoms with Gasteiger partial charge in [0.15, 0.2) is 0 Å².